The maximum Gasteiger partial charge on any atom is 0.338 e. The lowest BCUT2D eigenvalue weighted by molar-refractivity contribution is -0.117. The van der Waals surface area contributed by atoms with Crippen molar-refractivity contribution in [3.63, 3.8) is 0 Å². The van der Waals surface area contributed by atoms with Crippen molar-refractivity contribution in [2.24, 2.45) is 0 Å². The summed E-state index contributed by atoms with van der Waals surface area (Å²) in [6, 6.07) is 6.80. The quantitative estimate of drug-likeness (QED) is 0.531. The molecule has 0 aromatic heterocycles. The molecule has 1 aromatic carbocycles. The van der Waals surface area contributed by atoms with Gasteiger partial charge in [0.15, 0.2) is 0 Å². The van der Waals surface area contributed by atoms with Gasteiger partial charge in [-0.05, 0) is 43.8 Å². The third-order valence-electron chi connectivity index (χ3n) is 3.65. The van der Waals surface area contributed by atoms with E-state index in [2.05, 4.69) is 12.2 Å². The van der Waals surface area contributed by atoms with Crippen LogP contribution < -0.4 is 5.32 Å². The maximum atomic E-state index is 11.9. The third kappa shape index (κ3) is 7.28. The van der Waals surface area contributed by atoms with E-state index in [4.69, 9.17) is 4.74 Å². The Balaban J connectivity index is 2.46. The zero-order chi connectivity index (χ0) is 17.1. The van der Waals surface area contributed by atoms with E-state index in [-0.39, 0.29) is 11.9 Å². The van der Waals surface area contributed by atoms with Crippen molar-refractivity contribution >= 4 is 17.6 Å². The summed E-state index contributed by atoms with van der Waals surface area (Å²) in [6.45, 7) is 8.66. The number of anilines is 1. The van der Waals surface area contributed by atoms with Crippen LogP contribution in [0.3, 0.4) is 0 Å². The predicted octanol–water partition coefficient (Wildman–Crippen LogP) is 3.31. The predicted molar refractivity (Wildman–Crippen MR) is 92.7 cm³/mol. The Bertz CT molecular complexity index is 482. The van der Waals surface area contributed by atoms with E-state index in [9.17, 15) is 9.59 Å². The Morgan fingerprint density at radius 2 is 1.70 bits per heavy atom. The molecule has 1 amide bonds. The molecular formula is C18H28N2O3. The summed E-state index contributed by atoms with van der Waals surface area (Å²) in [5, 5.41) is 2.83. The summed E-state index contributed by atoms with van der Waals surface area (Å²) in [7, 11) is 0. The molecule has 0 saturated heterocycles. The average Bonchev–Trinajstić information content (AvgIpc) is 2.57. The first kappa shape index (κ1) is 19.2. The topological polar surface area (TPSA) is 58.6 Å². The summed E-state index contributed by atoms with van der Waals surface area (Å²) in [5.74, 6) is -0.370. The molecule has 1 rings (SSSR count). The molecule has 0 saturated carbocycles. The van der Waals surface area contributed by atoms with Crippen LogP contribution in [-0.2, 0) is 9.53 Å². The number of esters is 1. The number of rotatable bonds is 10. The number of carbonyl (C=O) groups is 2. The first-order valence-corrected chi connectivity index (χ1v) is 8.40. The van der Waals surface area contributed by atoms with Gasteiger partial charge in [0, 0.05) is 5.69 Å². The molecule has 0 aliphatic rings. The highest BCUT2D eigenvalue weighted by Gasteiger charge is 2.09. The van der Waals surface area contributed by atoms with E-state index in [0.717, 1.165) is 32.4 Å². The summed E-state index contributed by atoms with van der Waals surface area (Å²) in [4.78, 5) is 25.8. The number of carbonyl (C=O) groups excluding carboxylic acids is 2. The minimum Gasteiger partial charge on any atom is -0.462 e. The van der Waals surface area contributed by atoms with E-state index in [1.165, 1.54) is 0 Å². The van der Waals surface area contributed by atoms with Crippen LogP contribution in [0.25, 0.3) is 0 Å². The first-order chi connectivity index (χ1) is 11.1. The first-order valence-electron chi connectivity index (χ1n) is 8.40. The van der Waals surface area contributed by atoms with E-state index in [0.29, 0.717) is 24.4 Å². The number of likely N-dealkylation sites (N-methyl/N-ethyl adjacent to an activating group) is 1. The van der Waals surface area contributed by atoms with E-state index in [1.807, 2.05) is 18.7 Å². The second kappa shape index (κ2) is 10.8. The molecule has 0 spiro atoms. The summed E-state index contributed by atoms with van der Waals surface area (Å²) >= 11 is 0. The lowest BCUT2D eigenvalue weighted by atomic mass is 10.2. The zero-order valence-electron chi connectivity index (χ0n) is 14.4. The number of unbranched alkanes of at least 4 members (excludes halogenated alkanes) is 2. The van der Waals surface area contributed by atoms with E-state index >= 15 is 0 Å². The Kier molecular flexibility index (Phi) is 8.98. The fourth-order valence-electron chi connectivity index (χ4n) is 2.14. The Morgan fingerprint density at radius 3 is 2.26 bits per heavy atom. The van der Waals surface area contributed by atoms with Gasteiger partial charge in [0.05, 0.1) is 18.7 Å². The van der Waals surface area contributed by atoms with Crippen molar-refractivity contribution < 1.29 is 14.3 Å². The highest BCUT2D eigenvalue weighted by Crippen LogP contribution is 2.11. The molecule has 0 atom stereocenters. The fraction of sp³-hybridized carbons (Fsp3) is 0.556. The van der Waals surface area contributed by atoms with Crippen molar-refractivity contribution in [1.82, 2.24) is 4.90 Å². The lowest BCUT2D eigenvalue weighted by Gasteiger charge is -2.17. The van der Waals surface area contributed by atoms with Crippen LogP contribution in [0.15, 0.2) is 24.3 Å². The molecule has 5 nitrogen and oxygen atoms in total. The van der Waals surface area contributed by atoms with E-state index < -0.39 is 0 Å². The number of ether oxygens (including phenoxy) is 1. The zero-order valence-corrected chi connectivity index (χ0v) is 14.4. The van der Waals surface area contributed by atoms with Gasteiger partial charge in [-0.1, -0.05) is 33.6 Å². The number of nitrogens with one attached hydrogen (secondary N) is 1. The molecule has 0 aliphatic heterocycles. The minimum atomic E-state index is -0.317. The largest absolute Gasteiger partial charge is 0.462 e. The number of nitrogens with zero attached hydrogens (tertiary/aromatic N) is 1. The van der Waals surface area contributed by atoms with Crippen molar-refractivity contribution in [2.75, 3.05) is 31.6 Å². The second-order valence-corrected chi connectivity index (χ2v) is 5.43. The lowest BCUT2D eigenvalue weighted by Crippen LogP contribution is -2.32. The summed E-state index contributed by atoms with van der Waals surface area (Å²) in [5.41, 5.74) is 1.19. The molecule has 0 heterocycles. The molecule has 5 heteroatoms. The number of benzene rings is 1. The smallest absolute Gasteiger partial charge is 0.338 e. The van der Waals surface area contributed by atoms with Gasteiger partial charge in [0.1, 0.15) is 0 Å². The van der Waals surface area contributed by atoms with Crippen molar-refractivity contribution in [1.29, 1.82) is 0 Å². The van der Waals surface area contributed by atoms with Crippen LogP contribution >= 0.6 is 0 Å². The van der Waals surface area contributed by atoms with Crippen molar-refractivity contribution in [3.8, 4) is 0 Å². The molecule has 0 unspecified atom stereocenters. The van der Waals surface area contributed by atoms with Gasteiger partial charge in [0.2, 0.25) is 5.91 Å². The SMILES string of the molecule is CCCCCOC(=O)c1ccc(NC(=O)CN(CC)CC)cc1. The summed E-state index contributed by atoms with van der Waals surface area (Å²) < 4.78 is 5.20. The molecule has 23 heavy (non-hydrogen) atoms. The fourth-order valence-corrected chi connectivity index (χ4v) is 2.14. The maximum absolute atomic E-state index is 11.9. The molecule has 0 radical (unpaired) electrons. The Hall–Kier alpha value is -1.88. The van der Waals surface area contributed by atoms with Gasteiger partial charge >= 0.3 is 5.97 Å². The Morgan fingerprint density at radius 1 is 1.04 bits per heavy atom. The number of amides is 1. The van der Waals surface area contributed by atoms with Crippen LogP contribution in [0.4, 0.5) is 5.69 Å². The summed E-state index contributed by atoms with van der Waals surface area (Å²) in [6.07, 6.45) is 3.05. The van der Waals surface area contributed by atoms with Crippen LogP contribution in [0.5, 0.6) is 0 Å². The molecule has 0 fully saturated rings. The van der Waals surface area contributed by atoms with Crippen LogP contribution in [-0.4, -0.2) is 43.0 Å². The average molecular weight is 320 g/mol. The minimum absolute atomic E-state index is 0.0522. The third-order valence-corrected chi connectivity index (χ3v) is 3.65. The van der Waals surface area contributed by atoms with Crippen molar-refractivity contribution in [3.05, 3.63) is 29.8 Å². The Labute approximate surface area is 139 Å². The van der Waals surface area contributed by atoms with Crippen LogP contribution in [0, 0.1) is 0 Å². The molecule has 1 aromatic rings. The van der Waals surface area contributed by atoms with Crippen LogP contribution in [0.1, 0.15) is 50.4 Å². The standard InChI is InChI=1S/C18H28N2O3/c1-4-7-8-13-23-18(22)15-9-11-16(12-10-15)19-17(21)14-20(5-2)6-3/h9-12H,4-8,13-14H2,1-3H3,(H,19,21). The second-order valence-electron chi connectivity index (χ2n) is 5.43. The molecule has 0 aliphatic carbocycles. The van der Waals surface area contributed by atoms with Gasteiger partial charge in [-0.15, -0.1) is 0 Å². The number of hydrogen-bond acceptors (Lipinski definition) is 4. The number of hydrogen-bond donors (Lipinski definition) is 1. The van der Waals surface area contributed by atoms with Gasteiger partial charge in [0.25, 0.3) is 0 Å². The van der Waals surface area contributed by atoms with Gasteiger partial charge in [-0.3, -0.25) is 9.69 Å². The van der Waals surface area contributed by atoms with Crippen LogP contribution in [0.2, 0.25) is 0 Å². The molecular weight excluding hydrogens is 292 g/mol. The van der Waals surface area contributed by atoms with Gasteiger partial charge < -0.3 is 10.1 Å². The normalized spacial score (nSPS) is 10.6. The van der Waals surface area contributed by atoms with Gasteiger partial charge in [-0.2, -0.15) is 0 Å². The molecule has 0 bridgehead atoms. The van der Waals surface area contributed by atoms with E-state index in [1.54, 1.807) is 24.3 Å². The molecule has 128 valence electrons. The molecule has 1 N–H and O–H groups in total. The monoisotopic (exact) mass is 320 g/mol. The highest BCUT2D eigenvalue weighted by molar-refractivity contribution is 5.94. The highest BCUT2D eigenvalue weighted by atomic mass is 16.5. The van der Waals surface area contributed by atoms with Crippen molar-refractivity contribution in [2.45, 2.75) is 40.0 Å². The van der Waals surface area contributed by atoms with Gasteiger partial charge in [-0.25, -0.2) is 4.79 Å².